The molecule has 0 saturated carbocycles. The number of methoxy groups -OCH3 is 1. The second-order valence-electron chi connectivity index (χ2n) is 7.04. The van der Waals surface area contributed by atoms with Gasteiger partial charge >= 0.3 is 5.97 Å². The minimum atomic E-state index is -0.398. The van der Waals surface area contributed by atoms with Gasteiger partial charge in [-0.25, -0.2) is 4.79 Å². The average Bonchev–Trinajstić information content (AvgIpc) is 3.40. The van der Waals surface area contributed by atoms with Gasteiger partial charge in [-0.2, -0.15) is 0 Å². The fourth-order valence-electron chi connectivity index (χ4n) is 3.28. The smallest absolute Gasteiger partial charge is 0.340 e. The van der Waals surface area contributed by atoms with Gasteiger partial charge in [-0.1, -0.05) is 36.4 Å². The van der Waals surface area contributed by atoms with Crippen LogP contribution in [0.15, 0.2) is 54.6 Å². The van der Waals surface area contributed by atoms with Crippen LogP contribution in [0.1, 0.15) is 39.3 Å². The summed E-state index contributed by atoms with van der Waals surface area (Å²) >= 11 is 7.00. The van der Waals surface area contributed by atoms with Crippen molar-refractivity contribution in [2.24, 2.45) is 0 Å². The molecule has 31 heavy (non-hydrogen) atoms. The first-order valence-corrected chi connectivity index (χ1v) is 11.0. The van der Waals surface area contributed by atoms with Crippen molar-refractivity contribution < 1.29 is 19.0 Å². The summed E-state index contributed by atoms with van der Waals surface area (Å²) in [4.78, 5) is 13.3. The molecule has 1 atom stereocenters. The number of thiophene rings is 1. The van der Waals surface area contributed by atoms with Crippen LogP contribution in [0.3, 0.4) is 0 Å². The fraction of sp³-hybridized carbons (Fsp3) is 0.217. The summed E-state index contributed by atoms with van der Waals surface area (Å²) in [5.41, 5.74) is 2.65. The summed E-state index contributed by atoms with van der Waals surface area (Å²) in [5.74, 6) is 1.07. The fourth-order valence-corrected chi connectivity index (χ4v) is 4.71. The van der Waals surface area contributed by atoms with Crippen molar-refractivity contribution in [1.82, 2.24) is 5.32 Å². The lowest BCUT2D eigenvalue weighted by atomic mass is 10.1. The number of anilines is 1. The van der Waals surface area contributed by atoms with Crippen LogP contribution in [-0.2, 0) is 11.2 Å². The van der Waals surface area contributed by atoms with Gasteiger partial charge in [-0.15, -0.1) is 11.3 Å². The normalized spacial score (nSPS) is 12.8. The molecule has 3 aromatic rings. The van der Waals surface area contributed by atoms with Crippen molar-refractivity contribution in [1.29, 1.82) is 0 Å². The van der Waals surface area contributed by atoms with Crippen LogP contribution in [-0.4, -0.2) is 25.0 Å². The number of fused-ring (bicyclic) bond motifs is 1. The standard InChI is InChI=1S/C23H22N2O4S2/c1-14(16-8-9-19-20(11-16)29-13-28-19)24-23(30)25-21-18(22(26)27-2)12-17(31-21)10-15-6-4-3-5-7-15/h3-9,11-12,14H,10,13H2,1-2H3,(H2,24,25,30). The number of carbonyl (C=O) groups is 1. The molecule has 0 spiro atoms. The predicted molar refractivity (Wildman–Crippen MR) is 125 cm³/mol. The molecule has 0 radical (unpaired) electrons. The van der Waals surface area contributed by atoms with E-state index in [9.17, 15) is 4.79 Å². The Hall–Kier alpha value is -3.10. The zero-order valence-electron chi connectivity index (χ0n) is 17.1. The lowest BCUT2D eigenvalue weighted by molar-refractivity contribution is 0.0602. The van der Waals surface area contributed by atoms with E-state index in [1.54, 1.807) is 0 Å². The summed E-state index contributed by atoms with van der Waals surface area (Å²) in [7, 11) is 1.37. The van der Waals surface area contributed by atoms with Gasteiger partial charge in [0.25, 0.3) is 0 Å². The molecule has 4 rings (SSSR count). The largest absolute Gasteiger partial charge is 0.465 e. The lowest BCUT2D eigenvalue weighted by Crippen LogP contribution is -2.31. The van der Waals surface area contributed by atoms with E-state index in [0.717, 1.165) is 28.4 Å². The Balaban J connectivity index is 1.46. The van der Waals surface area contributed by atoms with Crippen LogP contribution >= 0.6 is 23.6 Å². The second-order valence-corrected chi connectivity index (χ2v) is 8.59. The Labute approximate surface area is 190 Å². The highest BCUT2D eigenvalue weighted by Crippen LogP contribution is 2.34. The second kappa shape index (κ2) is 9.36. The minimum absolute atomic E-state index is 0.0696. The summed E-state index contributed by atoms with van der Waals surface area (Å²) in [6.45, 7) is 2.24. The Bertz CT molecular complexity index is 1100. The van der Waals surface area contributed by atoms with Gasteiger partial charge in [-0.05, 0) is 48.5 Å². The Kier molecular flexibility index (Phi) is 6.39. The highest BCUT2D eigenvalue weighted by Gasteiger charge is 2.20. The van der Waals surface area contributed by atoms with E-state index in [1.165, 1.54) is 24.0 Å². The quantitative estimate of drug-likeness (QED) is 0.405. The van der Waals surface area contributed by atoms with Crippen molar-refractivity contribution >= 4 is 39.6 Å². The molecule has 1 aliphatic heterocycles. The molecule has 1 unspecified atom stereocenters. The van der Waals surface area contributed by atoms with E-state index >= 15 is 0 Å². The molecule has 160 valence electrons. The number of benzene rings is 2. The first kappa shape index (κ1) is 21.1. The number of rotatable bonds is 6. The lowest BCUT2D eigenvalue weighted by Gasteiger charge is -2.17. The SMILES string of the molecule is COC(=O)c1cc(Cc2ccccc2)sc1NC(=S)NC(C)c1ccc2c(c1)OCO2. The van der Waals surface area contributed by atoms with Crippen molar-refractivity contribution in [3.63, 3.8) is 0 Å². The summed E-state index contributed by atoms with van der Waals surface area (Å²) < 4.78 is 15.8. The van der Waals surface area contributed by atoms with Crippen molar-refractivity contribution in [3.05, 3.63) is 76.2 Å². The van der Waals surface area contributed by atoms with Crippen molar-refractivity contribution in [2.45, 2.75) is 19.4 Å². The maximum atomic E-state index is 12.3. The Morgan fingerprint density at radius 2 is 1.94 bits per heavy atom. The molecule has 2 N–H and O–H groups in total. The third-order valence-electron chi connectivity index (χ3n) is 4.88. The van der Waals surface area contributed by atoms with Crippen LogP contribution < -0.4 is 20.1 Å². The Morgan fingerprint density at radius 3 is 2.71 bits per heavy atom. The molecule has 8 heteroatoms. The molecule has 0 amide bonds. The van der Waals surface area contributed by atoms with Crippen LogP contribution in [0, 0.1) is 0 Å². The van der Waals surface area contributed by atoms with Gasteiger partial charge in [-0.3, -0.25) is 0 Å². The van der Waals surface area contributed by atoms with E-state index in [-0.39, 0.29) is 12.8 Å². The van der Waals surface area contributed by atoms with Gasteiger partial charge in [0.05, 0.1) is 18.7 Å². The molecule has 1 aromatic heterocycles. The van der Waals surface area contributed by atoms with E-state index in [0.29, 0.717) is 15.7 Å². The third-order valence-corrected chi connectivity index (χ3v) is 6.15. The minimum Gasteiger partial charge on any atom is -0.465 e. The van der Waals surface area contributed by atoms with Gasteiger partial charge in [0.2, 0.25) is 6.79 Å². The number of hydrogen-bond donors (Lipinski definition) is 2. The van der Waals surface area contributed by atoms with E-state index < -0.39 is 5.97 Å². The molecular weight excluding hydrogens is 432 g/mol. The topological polar surface area (TPSA) is 68.8 Å². The van der Waals surface area contributed by atoms with Crippen LogP contribution in [0.5, 0.6) is 11.5 Å². The first-order chi connectivity index (χ1) is 15.0. The van der Waals surface area contributed by atoms with Crippen molar-refractivity contribution in [2.75, 3.05) is 19.2 Å². The molecule has 0 bridgehead atoms. The van der Waals surface area contributed by atoms with Crippen LogP contribution in [0.25, 0.3) is 0 Å². The van der Waals surface area contributed by atoms with Crippen LogP contribution in [0.2, 0.25) is 0 Å². The first-order valence-electron chi connectivity index (χ1n) is 9.75. The average molecular weight is 455 g/mol. The van der Waals surface area contributed by atoms with Gasteiger partial charge in [0.1, 0.15) is 5.00 Å². The van der Waals surface area contributed by atoms with Gasteiger partial charge in [0, 0.05) is 11.3 Å². The molecule has 1 aliphatic rings. The molecule has 0 fully saturated rings. The van der Waals surface area contributed by atoms with Gasteiger partial charge in [0.15, 0.2) is 16.6 Å². The highest BCUT2D eigenvalue weighted by molar-refractivity contribution is 7.80. The molecule has 2 heterocycles. The van der Waals surface area contributed by atoms with Gasteiger partial charge < -0.3 is 24.8 Å². The number of nitrogens with one attached hydrogen (secondary N) is 2. The number of carbonyl (C=O) groups excluding carboxylic acids is 1. The van der Waals surface area contributed by atoms with Crippen molar-refractivity contribution in [3.8, 4) is 11.5 Å². The molecule has 6 nitrogen and oxygen atoms in total. The van der Waals surface area contributed by atoms with E-state index in [2.05, 4.69) is 22.8 Å². The third kappa shape index (κ3) is 4.98. The monoisotopic (exact) mass is 454 g/mol. The number of esters is 1. The summed E-state index contributed by atoms with van der Waals surface area (Å²) in [6.07, 6.45) is 0.727. The molecule has 0 aliphatic carbocycles. The predicted octanol–water partition coefficient (Wildman–Crippen LogP) is 4.90. The maximum Gasteiger partial charge on any atom is 0.340 e. The number of hydrogen-bond acceptors (Lipinski definition) is 6. The molecule has 0 saturated heterocycles. The Morgan fingerprint density at radius 1 is 1.16 bits per heavy atom. The molecular formula is C23H22N2O4S2. The summed E-state index contributed by atoms with van der Waals surface area (Å²) in [6, 6.07) is 17.7. The highest BCUT2D eigenvalue weighted by atomic mass is 32.1. The van der Waals surface area contributed by atoms with Crippen LogP contribution in [0.4, 0.5) is 5.00 Å². The number of thiocarbonyl (C=S) groups is 1. The zero-order chi connectivity index (χ0) is 21.8. The zero-order valence-corrected chi connectivity index (χ0v) is 18.8. The van der Waals surface area contributed by atoms with E-state index in [1.807, 2.05) is 49.4 Å². The maximum absolute atomic E-state index is 12.3. The number of ether oxygens (including phenoxy) is 3. The molecule has 2 aromatic carbocycles. The summed E-state index contributed by atoms with van der Waals surface area (Å²) in [5, 5.41) is 7.50. The van der Waals surface area contributed by atoms with E-state index in [4.69, 9.17) is 26.4 Å².